The van der Waals surface area contributed by atoms with Crippen LogP contribution in [0.5, 0.6) is 0 Å². The molecule has 2 aliphatic heterocycles. The van der Waals surface area contributed by atoms with Crippen molar-refractivity contribution in [3.05, 3.63) is 368 Å². The summed E-state index contributed by atoms with van der Waals surface area (Å²) in [6, 6.07) is 133. The maximum Gasteiger partial charge on any atom is 0.264 e. The van der Waals surface area contributed by atoms with E-state index in [0.29, 0.717) is 0 Å². The molecule has 568 valence electrons. The van der Waals surface area contributed by atoms with Crippen LogP contribution in [0.15, 0.2) is 346 Å². The van der Waals surface area contributed by atoms with Crippen LogP contribution in [0.25, 0.3) is 170 Å². The number of hydrogen-bond donors (Lipinski definition) is 0. The summed E-state index contributed by atoms with van der Waals surface area (Å²) in [6.45, 7) is 28.4. The van der Waals surface area contributed by atoms with Crippen LogP contribution in [0.3, 0.4) is 0 Å². The van der Waals surface area contributed by atoms with Gasteiger partial charge in [0.1, 0.15) is 0 Å². The van der Waals surface area contributed by atoms with Crippen molar-refractivity contribution in [1.29, 1.82) is 0 Å². The number of nitrogens with zero attached hydrogens (tertiary/aromatic N) is 2. The van der Waals surface area contributed by atoms with Crippen LogP contribution < -0.4 is 20.6 Å². The van der Waals surface area contributed by atoms with Gasteiger partial charge in [0.15, 0.2) is 0 Å². The molecule has 2 aliphatic rings. The minimum absolute atomic E-state index is 0.0582. The SMILES string of the molecule is CC(C)(C)c1ccc(-c2cc(N3c4cc(-c5c(-c6ccccc6-c6ccccc6)cc(-c6ccccc6)cc5-c5ccccc5-c5ccccc5)cc5c4B(c4sc6ccc(C(C)(C)C)cc6c43)c3cc4c6ccccc6c6ccccc6c4c4c6cc(-c7ccccc7-c7ccccc7)ccc6n-5c34)ccc2C(C)(C)C)c(C(C)(C)C)c1. The molecule has 21 rings (SSSR count). The summed E-state index contributed by atoms with van der Waals surface area (Å²) in [4.78, 5) is 2.78. The van der Waals surface area contributed by atoms with E-state index in [1.54, 1.807) is 0 Å². The minimum Gasteiger partial charge on any atom is -0.310 e. The zero-order valence-corrected chi connectivity index (χ0v) is 70.1. The van der Waals surface area contributed by atoms with Crippen molar-refractivity contribution in [2.75, 3.05) is 4.90 Å². The number of rotatable bonds is 10. The van der Waals surface area contributed by atoms with Crippen LogP contribution in [0.4, 0.5) is 17.1 Å². The second-order valence-corrected chi connectivity index (χ2v) is 38.1. The summed E-state index contributed by atoms with van der Waals surface area (Å²) < 4.78 is 5.38. The third kappa shape index (κ3) is 11.8. The third-order valence-electron chi connectivity index (χ3n) is 25.5. The summed E-state index contributed by atoms with van der Waals surface area (Å²) in [6.07, 6.45) is 0. The Morgan fingerprint density at radius 2 is 0.746 bits per heavy atom. The quantitative estimate of drug-likeness (QED) is 0.0979. The molecule has 17 aromatic carbocycles. The van der Waals surface area contributed by atoms with Gasteiger partial charge in [0, 0.05) is 48.1 Å². The highest BCUT2D eigenvalue weighted by Gasteiger charge is 2.46. The number of hydrogen-bond acceptors (Lipinski definition) is 2. The zero-order chi connectivity index (χ0) is 80.4. The van der Waals surface area contributed by atoms with Crippen molar-refractivity contribution < 1.29 is 0 Å². The monoisotopic (exact) mass is 1530 g/mol. The molecule has 4 heteroatoms. The van der Waals surface area contributed by atoms with E-state index in [4.69, 9.17) is 0 Å². The fraction of sp³-hybridized carbons (Fsp3) is 0.140. The van der Waals surface area contributed by atoms with Crippen LogP contribution in [-0.2, 0) is 21.7 Å². The standard InChI is InChI=1S/C114H93BN2S/c1-111(2,3)77-55-60-103-96(66-77)108-110(118-103)115-99-69-94-88-51-32-31-49-86(88)87-50-33-34-52-90(87)105(94)106-95-61-74(83-46-26-25-43-80(83)71-37-19-14-20-38-71)53-59-100(95)117(109(99)106)102-65-76(64-101(107(102)115)116(108)79-56-58-97(113(7,8)9)91(68-79)89-57-54-78(112(4,5)6)67-98(89)114(10,11)12)104-92(84-47-29-27-44-81(84)72-39-21-15-22-40-72)62-75(70-35-17-13-18-36-70)63-93(104)85-48-30-28-45-82(85)73-41-23-16-24-42-73/h13-69H,1-12H3. The lowest BCUT2D eigenvalue weighted by molar-refractivity contribution is 0.568. The second-order valence-electron chi connectivity index (χ2n) is 37.0. The molecule has 4 heterocycles. The van der Waals surface area contributed by atoms with Crippen molar-refractivity contribution in [3.63, 3.8) is 0 Å². The third-order valence-corrected chi connectivity index (χ3v) is 26.8. The number of fused-ring (bicyclic) bond motifs is 16. The number of benzene rings is 17. The van der Waals surface area contributed by atoms with E-state index < -0.39 is 0 Å². The van der Waals surface area contributed by atoms with Gasteiger partial charge in [-0.2, -0.15) is 0 Å². The number of aromatic nitrogens is 1. The molecule has 2 aromatic heterocycles. The molecule has 0 saturated heterocycles. The van der Waals surface area contributed by atoms with Gasteiger partial charge in [-0.15, -0.1) is 11.3 Å². The molecule has 118 heavy (non-hydrogen) atoms. The van der Waals surface area contributed by atoms with Crippen molar-refractivity contribution in [2.45, 2.75) is 105 Å². The van der Waals surface area contributed by atoms with E-state index >= 15 is 0 Å². The molecule has 0 unspecified atom stereocenters. The summed E-state index contributed by atoms with van der Waals surface area (Å²) in [5.41, 5.74) is 35.5. The largest absolute Gasteiger partial charge is 0.310 e. The summed E-state index contributed by atoms with van der Waals surface area (Å²) in [7, 11) is 0. The summed E-state index contributed by atoms with van der Waals surface area (Å²) >= 11 is 2.00. The average Bonchev–Trinajstić information content (AvgIpc) is 1.46. The molecular formula is C114H93BN2S. The smallest absolute Gasteiger partial charge is 0.264 e. The lowest BCUT2D eigenvalue weighted by atomic mass is 9.36. The van der Waals surface area contributed by atoms with E-state index in [1.165, 1.54) is 153 Å². The van der Waals surface area contributed by atoms with Crippen LogP contribution in [0.2, 0.25) is 0 Å². The lowest BCUT2D eigenvalue weighted by Gasteiger charge is -2.40. The predicted molar refractivity (Wildman–Crippen MR) is 512 cm³/mol. The lowest BCUT2D eigenvalue weighted by Crippen LogP contribution is -2.59. The van der Waals surface area contributed by atoms with Gasteiger partial charge in [-0.25, -0.2) is 0 Å². The Balaban J connectivity index is 0.987. The molecule has 0 spiro atoms. The van der Waals surface area contributed by atoms with E-state index in [9.17, 15) is 0 Å². The van der Waals surface area contributed by atoms with E-state index in [2.05, 4.69) is 438 Å². The van der Waals surface area contributed by atoms with Crippen molar-refractivity contribution in [1.82, 2.24) is 4.57 Å². The van der Waals surface area contributed by atoms with Crippen molar-refractivity contribution >= 4 is 115 Å². The van der Waals surface area contributed by atoms with Gasteiger partial charge in [-0.1, -0.05) is 368 Å². The van der Waals surface area contributed by atoms with Gasteiger partial charge in [0.25, 0.3) is 6.71 Å². The highest BCUT2D eigenvalue weighted by Crippen LogP contribution is 2.56. The topological polar surface area (TPSA) is 8.17 Å². The first-order valence-corrected chi connectivity index (χ1v) is 42.8. The fourth-order valence-electron chi connectivity index (χ4n) is 19.9. The van der Waals surface area contributed by atoms with Gasteiger partial charge < -0.3 is 9.47 Å². The van der Waals surface area contributed by atoms with Crippen LogP contribution in [0, 0.1) is 0 Å². The molecule has 0 bridgehead atoms. The summed E-state index contributed by atoms with van der Waals surface area (Å²) in [5, 5.41) is 11.3. The van der Waals surface area contributed by atoms with Gasteiger partial charge >= 0.3 is 0 Å². The molecule has 0 atom stereocenters. The van der Waals surface area contributed by atoms with Gasteiger partial charge in [-0.05, 0) is 243 Å². The first-order chi connectivity index (χ1) is 57.1. The van der Waals surface area contributed by atoms with E-state index in [-0.39, 0.29) is 28.4 Å². The van der Waals surface area contributed by atoms with Crippen LogP contribution in [-0.4, -0.2) is 11.3 Å². The zero-order valence-electron chi connectivity index (χ0n) is 69.3. The van der Waals surface area contributed by atoms with Crippen LogP contribution in [0.1, 0.15) is 105 Å². The number of anilines is 3. The molecule has 0 radical (unpaired) electrons. The molecule has 2 nitrogen and oxygen atoms in total. The highest BCUT2D eigenvalue weighted by molar-refractivity contribution is 7.33. The maximum absolute atomic E-state index is 2.78. The normalized spacial score (nSPS) is 12.9. The summed E-state index contributed by atoms with van der Waals surface area (Å²) in [5.74, 6) is 0. The molecular weight excluding hydrogens is 1440 g/mol. The molecule has 0 aliphatic carbocycles. The van der Waals surface area contributed by atoms with Gasteiger partial charge in [0.2, 0.25) is 0 Å². The molecule has 0 amide bonds. The second kappa shape index (κ2) is 27.4. The minimum atomic E-state index is -0.226. The predicted octanol–water partition coefficient (Wildman–Crippen LogP) is 30.3. The molecule has 19 aromatic rings. The van der Waals surface area contributed by atoms with E-state index in [1.807, 2.05) is 11.3 Å². The van der Waals surface area contributed by atoms with Crippen LogP contribution >= 0.6 is 11.3 Å². The number of thiophene rings is 1. The Bertz CT molecular complexity index is 7210. The first kappa shape index (κ1) is 72.8. The van der Waals surface area contributed by atoms with Gasteiger partial charge in [0.05, 0.1) is 16.7 Å². The Kier molecular flexibility index (Phi) is 16.9. The average molecular weight is 1530 g/mol. The fourth-order valence-corrected chi connectivity index (χ4v) is 21.2. The highest BCUT2D eigenvalue weighted by atomic mass is 32.1. The molecule has 0 N–H and O–H groups in total. The molecule has 0 fully saturated rings. The van der Waals surface area contributed by atoms with Gasteiger partial charge in [-0.3, -0.25) is 0 Å². The Hall–Kier alpha value is -12.9. The van der Waals surface area contributed by atoms with Crippen molar-refractivity contribution in [3.8, 4) is 106 Å². The first-order valence-electron chi connectivity index (χ1n) is 42.0. The Labute approximate surface area is 698 Å². The van der Waals surface area contributed by atoms with Crippen molar-refractivity contribution in [2.24, 2.45) is 0 Å². The molecule has 0 saturated carbocycles. The maximum atomic E-state index is 2.78. The Morgan fingerprint density at radius 3 is 1.31 bits per heavy atom. The van der Waals surface area contributed by atoms with E-state index in [0.717, 1.165) is 72.5 Å². The Morgan fingerprint density at radius 1 is 0.271 bits per heavy atom.